The molecular formula is C11H13ClN4. The smallest absolute Gasteiger partial charge is 0.0848 e. The Bertz CT molecular complexity index is 519. The van der Waals surface area contributed by atoms with E-state index in [1.807, 2.05) is 19.9 Å². The molecule has 0 aliphatic heterocycles. The van der Waals surface area contributed by atoms with E-state index in [9.17, 15) is 0 Å². The maximum absolute atomic E-state index is 6.09. The van der Waals surface area contributed by atoms with Gasteiger partial charge in [-0.15, -0.1) is 0 Å². The summed E-state index contributed by atoms with van der Waals surface area (Å²) in [6, 6.07) is 1.96. The van der Waals surface area contributed by atoms with Gasteiger partial charge in [0.25, 0.3) is 0 Å². The minimum atomic E-state index is 0.466. The SMILES string of the molecule is Cc1nn(-c2cncc(CN)c2)c(C)c1Cl. The van der Waals surface area contributed by atoms with Crippen molar-refractivity contribution in [3.63, 3.8) is 0 Å². The summed E-state index contributed by atoms with van der Waals surface area (Å²) in [5.74, 6) is 0. The minimum absolute atomic E-state index is 0.466. The lowest BCUT2D eigenvalue weighted by atomic mass is 10.2. The molecule has 0 fully saturated rings. The first-order valence-corrected chi connectivity index (χ1v) is 5.37. The van der Waals surface area contributed by atoms with Crippen LogP contribution >= 0.6 is 11.6 Å². The molecule has 5 heteroatoms. The lowest BCUT2D eigenvalue weighted by Crippen LogP contribution is -2.03. The summed E-state index contributed by atoms with van der Waals surface area (Å²) in [4.78, 5) is 4.13. The third kappa shape index (κ3) is 1.81. The first-order chi connectivity index (χ1) is 7.63. The highest BCUT2D eigenvalue weighted by Gasteiger charge is 2.10. The molecule has 0 aliphatic carbocycles. The maximum atomic E-state index is 6.09. The fraction of sp³-hybridized carbons (Fsp3) is 0.273. The summed E-state index contributed by atoms with van der Waals surface area (Å²) >= 11 is 6.09. The Morgan fingerprint density at radius 1 is 1.38 bits per heavy atom. The molecule has 2 heterocycles. The molecule has 4 nitrogen and oxygen atoms in total. The average molecular weight is 237 g/mol. The zero-order valence-electron chi connectivity index (χ0n) is 9.24. The summed E-state index contributed by atoms with van der Waals surface area (Å²) in [6.07, 6.45) is 3.49. The number of rotatable bonds is 2. The number of nitrogens with zero attached hydrogens (tertiary/aromatic N) is 3. The normalized spacial score (nSPS) is 10.8. The van der Waals surface area contributed by atoms with Crippen LogP contribution in [0.15, 0.2) is 18.5 Å². The van der Waals surface area contributed by atoms with E-state index in [1.165, 1.54) is 0 Å². The second-order valence-corrected chi connectivity index (χ2v) is 4.03. The standard InChI is InChI=1S/C11H13ClN4/c1-7-11(12)8(2)16(15-7)10-3-9(4-13)5-14-6-10/h3,5-6H,4,13H2,1-2H3. The Kier molecular flexibility index (Phi) is 2.94. The third-order valence-corrected chi connectivity index (χ3v) is 3.01. The number of aromatic nitrogens is 3. The van der Waals surface area contributed by atoms with Gasteiger partial charge in [-0.25, -0.2) is 4.68 Å². The number of aryl methyl sites for hydroxylation is 1. The van der Waals surface area contributed by atoms with E-state index >= 15 is 0 Å². The van der Waals surface area contributed by atoms with Gasteiger partial charge in [-0.1, -0.05) is 11.6 Å². The first kappa shape index (κ1) is 11.1. The minimum Gasteiger partial charge on any atom is -0.326 e. The molecule has 0 saturated carbocycles. The van der Waals surface area contributed by atoms with Crippen molar-refractivity contribution in [3.05, 3.63) is 40.4 Å². The van der Waals surface area contributed by atoms with Crippen LogP contribution in [0.5, 0.6) is 0 Å². The Morgan fingerprint density at radius 3 is 2.69 bits per heavy atom. The Hall–Kier alpha value is -1.39. The zero-order valence-corrected chi connectivity index (χ0v) is 9.99. The van der Waals surface area contributed by atoms with Crippen molar-refractivity contribution >= 4 is 11.6 Å². The molecule has 2 aromatic heterocycles. The van der Waals surface area contributed by atoms with Gasteiger partial charge in [0.2, 0.25) is 0 Å². The summed E-state index contributed by atoms with van der Waals surface area (Å²) in [5, 5.41) is 5.05. The molecule has 2 aromatic rings. The number of halogens is 1. The van der Waals surface area contributed by atoms with E-state index in [-0.39, 0.29) is 0 Å². The summed E-state index contributed by atoms with van der Waals surface area (Å²) in [5.41, 5.74) is 9.16. The van der Waals surface area contributed by atoms with Crippen LogP contribution in [0.1, 0.15) is 17.0 Å². The molecule has 0 radical (unpaired) electrons. The van der Waals surface area contributed by atoms with Crippen LogP contribution < -0.4 is 5.73 Å². The molecule has 0 atom stereocenters. The Morgan fingerprint density at radius 2 is 2.12 bits per heavy atom. The first-order valence-electron chi connectivity index (χ1n) is 4.99. The number of hydrogen-bond acceptors (Lipinski definition) is 3. The summed E-state index contributed by atoms with van der Waals surface area (Å²) in [6.45, 7) is 4.28. The van der Waals surface area contributed by atoms with Crippen molar-refractivity contribution in [1.29, 1.82) is 0 Å². The topological polar surface area (TPSA) is 56.7 Å². The van der Waals surface area contributed by atoms with Crippen molar-refractivity contribution in [2.75, 3.05) is 0 Å². The Labute approximate surface area is 99.1 Å². The quantitative estimate of drug-likeness (QED) is 0.868. The van der Waals surface area contributed by atoms with Crippen molar-refractivity contribution in [3.8, 4) is 5.69 Å². The lowest BCUT2D eigenvalue weighted by Gasteiger charge is -2.05. The largest absolute Gasteiger partial charge is 0.326 e. The Balaban J connectivity index is 2.54. The highest BCUT2D eigenvalue weighted by molar-refractivity contribution is 6.31. The maximum Gasteiger partial charge on any atom is 0.0848 e. The van der Waals surface area contributed by atoms with Crippen LogP contribution in [0.4, 0.5) is 0 Å². The predicted octanol–water partition coefficient (Wildman–Crippen LogP) is 2.00. The van der Waals surface area contributed by atoms with Crippen molar-refractivity contribution in [2.45, 2.75) is 20.4 Å². The van der Waals surface area contributed by atoms with Crippen LogP contribution in [0.3, 0.4) is 0 Å². The van der Waals surface area contributed by atoms with Gasteiger partial charge < -0.3 is 5.73 Å². The van der Waals surface area contributed by atoms with Crippen molar-refractivity contribution in [2.24, 2.45) is 5.73 Å². The zero-order chi connectivity index (χ0) is 11.7. The molecule has 2 N–H and O–H groups in total. The van der Waals surface area contributed by atoms with Gasteiger partial charge in [-0.05, 0) is 25.5 Å². The molecular weight excluding hydrogens is 224 g/mol. The van der Waals surface area contributed by atoms with Gasteiger partial charge in [0.1, 0.15) is 0 Å². The van der Waals surface area contributed by atoms with Gasteiger partial charge in [0, 0.05) is 12.7 Å². The highest BCUT2D eigenvalue weighted by atomic mass is 35.5. The molecule has 0 aliphatic rings. The molecule has 0 bridgehead atoms. The monoisotopic (exact) mass is 236 g/mol. The van der Waals surface area contributed by atoms with Crippen LogP contribution in [-0.2, 0) is 6.54 Å². The number of hydrogen-bond donors (Lipinski definition) is 1. The van der Waals surface area contributed by atoms with E-state index in [2.05, 4.69) is 10.1 Å². The molecule has 2 rings (SSSR count). The molecule has 0 amide bonds. The van der Waals surface area contributed by atoms with E-state index in [0.29, 0.717) is 11.6 Å². The van der Waals surface area contributed by atoms with Gasteiger partial charge in [-0.3, -0.25) is 4.98 Å². The van der Waals surface area contributed by atoms with Crippen LogP contribution in [0, 0.1) is 13.8 Å². The molecule has 0 unspecified atom stereocenters. The van der Waals surface area contributed by atoms with Crippen molar-refractivity contribution < 1.29 is 0 Å². The van der Waals surface area contributed by atoms with Crippen LogP contribution in [-0.4, -0.2) is 14.8 Å². The summed E-state index contributed by atoms with van der Waals surface area (Å²) < 4.78 is 1.78. The molecule has 16 heavy (non-hydrogen) atoms. The molecule has 0 spiro atoms. The van der Waals surface area contributed by atoms with E-state index < -0.39 is 0 Å². The van der Waals surface area contributed by atoms with Gasteiger partial charge in [0.15, 0.2) is 0 Å². The number of pyridine rings is 1. The second-order valence-electron chi connectivity index (χ2n) is 3.65. The van der Waals surface area contributed by atoms with E-state index in [1.54, 1.807) is 17.1 Å². The van der Waals surface area contributed by atoms with Crippen LogP contribution in [0.2, 0.25) is 5.02 Å². The van der Waals surface area contributed by atoms with Gasteiger partial charge in [0.05, 0.1) is 28.3 Å². The van der Waals surface area contributed by atoms with Crippen molar-refractivity contribution in [1.82, 2.24) is 14.8 Å². The predicted molar refractivity (Wildman–Crippen MR) is 63.7 cm³/mol. The fourth-order valence-corrected chi connectivity index (χ4v) is 1.69. The molecule has 0 aromatic carbocycles. The van der Waals surface area contributed by atoms with Crippen LogP contribution in [0.25, 0.3) is 5.69 Å². The number of nitrogens with two attached hydrogens (primary N) is 1. The van der Waals surface area contributed by atoms with Gasteiger partial charge in [-0.2, -0.15) is 5.10 Å². The third-order valence-electron chi connectivity index (χ3n) is 2.46. The second kappa shape index (κ2) is 4.23. The molecule has 84 valence electrons. The average Bonchev–Trinajstić information content (AvgIpc) is 2.57. The molecule has 0 saturated heterocycles. The highest BCUT2D eigenvalue weighted by Crippen LogP contribution is 2.22. The lowest BCUT2D eigenvalue weighted by molar-refractivity contribution is 0.824. The van der Waals surface area contributed by atoms with E-state index in [4.69, 9.17) is 17.3 Å². The summed E-state index contributed by atoms with van der Waals surface area (Å²) in [7, 11) is 0. The van der Waals surface area contributed by atoms with E-state index in [0.717, 1.165) is 22.6 Å². The van der Waals surface area contributed by atoms with Gasteiger partial charge >= 0.3 is 0 Å². The fourth-order valence-electron chi connectivity index (χ4n) is 1.58.